The zero-order chi connectivity index (χ0) is 20.9. The lowest BCUT2D eigenvalue weighted by molar-refractivity contribution is 0.0734. The molecular formula is C21H17ClN2O4S. The third-order valence-corrected chi connectivity index (χ3v) is 5.40. The highest BCUT2D eigenvalue weighted by Gasteiger charge is 2.13. The van der Waals surface area contributed by atoms with Crippen molar-refractivity contribution in [1.82, 2.24) is 4.83 Å². The van der Waals surface area contributed by atoms with Gasteiger partial charge >= 0.3 is 5.97 Å². The number of halogens is 1. The highest BCUT2D eigenvalue weighted by Crippen LogP contribution is 2.19. The van der Waals surface area contributed by atoms with Crippen LogP contribution in [-0.4, -0.2) is 20.6 Å². The topological polar surface area (TPSA) is 84.8 Å². The van der Waals surface area contributed by atoms with Crippen molar-refractivity contribution in [2.75, 3.05) is 0 Å². The Balaban J connectivity index is 1.74. The number of hydrogen-bond donors (Lipinski definition) is 1. The molecule has 1 N–H and O–H groups in total. The lowest BCUT2D eigenvalue weighted by Crippen LogP contribution is -2.18. The monoisotopic (exact) mass is 428 g/mol. The van der Waals surface area contributed by atoms with E-state index >= 15 is 0 Å². The molecule has 0 fully saturated rings. The molecule has 0 radical (unpaired) electrons. The molecule has 148 valence electrons. The van der Waals surface area contributed by atoms with Gasteiger partial charge in [-0.25, -0.2) is 9.63 Å². The van der Waals surface area contributed by atoms with Gasteiger partial charge < -0.3 is 4.74 Å². The van der Waals surface area contributed by atoms with E-state index in [0.29, 0.717) is 16.1 Å². The second-order valence-electron chi connectivity index (χ2n) is 6.10. The normalized spacial score (nSPS) is 11.4. The number of aryl methyl sites for hydroxylation is 1. The number of hydrogen-bond acceptors (Lipinski definition) is 5. The average molecular weight is 429 g/mol. The Kier molecular flexibility index (Phi) is 6.31. The summed E-state index contributed by atoms with van der Waals surface area (Å²) in [4.78, 5) is 14.5. The molecule has 6 nitrogen and oxygen atoms in total. The summed E-state index contributed by atoms with van der Waals surface area (Å²) in [6.07, 6.45) is 1.27. The lowest BCUT2D eigenvalue weighted by atomic mass is 10.2. The zero-order valence-corrected chi connectivity index (χ0v) is 16.9. The first-order chi connectivity index (χ1) is 13.8. The number of nitrogens with one attached hydrogen (secondary N) is 1. The lowest BCUT2D eigenvalue weighted by Gasteiger charge is -2.08. The average Bonchev–Trinajstić information content (AvgIpc) is 2.70. The molecular weight excluding hydrogens is 412 g/mol. The Hall–Kier alpha value is -3.16. The standard InChI is InChI=1S/C21H17ClN2O4S/c1-15-6-12-19(13-7-15)29(26,27)24-23-14-17-4-2-3-5-20(17)28-21(25)16-8-10-18(22)11-9-16/h2-14,24H,1H3/b23-14-. The van der Waals surface area contributed by atoms with E-state index < -0.39 is 16.0 Å². The third-order valence-electron chi connectivity index (χ3n) is 3.91. The van der Waals surface area contributed by atoms with Crippen LogP contribution in [0.1, 0.15) is 21.5 Å². The van der Waals surface area contributed by atoms with E-state index in [0.717, 1.165) is 5.56 Å². The predicted molar refractivity (Wildman–Crippen MR) is 112 cm³/mol. The zero-order valence-electron chi connectivity index (χ0n) is 15.4. The van der Waals surface area contributed by atoms with E-state index in [1.165, 1.54) is 18.3 Å². The highest BCUT2D eigenvalue weighted by atomic mass is 35.5. The van der Waals surface area contributed by atoms with Gasteiger partial charge in [0, 0.05) is 10.6 Å². The largest absolute Gasteiger partial charge is 0.422 e. The van der Waals surface area contributed by atoms with E-state index in [9.17, 15) is 13.2 Å². The SMILES string of the molecule is Cc1ccc(S(=O)(=O)N/N=C\c2ccccc2OC(=O)c2ccc(Cl)cc2)cc1. The number of nitrogens with zero attached hydrogens (tertiary/aromatic N) is 1. The van der Waals surface area contributed by atoms with E-state index in [2.05, 4.69) is 9.93 Å². The van der Waals surface area contributed by atoms with Gasteiger partial charge in [0.15, 0.2) is 0 Å². The molecule has 3 rings (SSSR count). The van der Waals surface area contributed by atoms with E-state index in [1.54, 1.807) is 60.7 Å². The van der Waals surface area contributed by atoms with Crippen LogP contribution in [-0.2, 0) is 10.0 Å². The minimum Gasteiger partial charge on any atom is -0.422 e. The van der Waals surface area contributed by atoms with Crippen LogP contribution in [0.25, 0.3) is 0 Å². The van der Waals surface area contributed by atoms with Crippen molar-refractivity contribution in [2.45, 2.75) is 11.8 Å². The molecule has 0 aliphatic heterocycles. The van der Waals surface area contributed by atoms with Gasteiger partial charge in [0.1, 0.15) is 5.75 Å². The van der Waals surface area contributed by atoms with Gasteiger partial charge in [0.05, 0.1) is 16.7 Å². The summed E-state index contributed by atoms with van der Waals surface area (Å²) >= 11 is 5.82. The summed E-state index contributed by atoms with van der Waals surface area (Å²) in [5.41, 5.74) is 1.71. The molecule has 0 bridgehead atoms. The first-order valence-electron chi connectivity index (χ1n) is 8.53. The van der Waals surface area contributed by atoms with Crippen LogP contribution >= 0.6 is 11.6 Å². The van der Waals surface area contributed by atoms with Crippen LogP contribution in [0.3, 0.4) is 0 Å². The summed E-state index contributed by atoms with van der Waals surface area (Å²) in [6.45, 7) is 1.87. The molecule has 0 saturated heterocycles. The number of hydrazone groups is 1. The number of carbonyl (C=O) groups excluding carboxylic acids is 1. The number of carbonyl (C=O) groups is 1. The van der Waals surface area contributed by atoms with Gasteiger partial charge in [-0.1, -0.05) is 41.4 Å². The Morgan fingerprint density at radius 1 is 1.00 bits per heavy atom. The van der Waals surface area contributed by atoms with Gasteiger partial charge in [-0.15, -0.1) is 0 Å². The Morgan fingerprint density at radius 2 is 1.66 bits per heavy atom. The minimum absolute atomic E-state index is 0.0997. The maximum Gasteiger partial charge on any atom is 0.343 e. The maximum atomic E-state index is 12.3. The van der Waals surface area contributed by atoms with E-state index in [4.69, 9.17) is 16.3 Å². The number of esters is 1. The molecule has 0 aromatic heterocycles. The molecule has 0 unspecified atom stereocenters. The summed E-state index contributed by atoms with van der Waals surface area (Å²) in [7, 11) is -3.80. The van der Waals surface area contributed by atoms with Crippen LogP contribution in [0, 0.1) is 6.92 Å². The minimum atomic E-state index is -3.80. The van der Waals surface area contributed by atoms with Crippen molar-refractivity contribution in [3.63, 3.8) is 0 Å². The van der Waals surface area contributed by atoms with E-state index in [-0.39, 0.29) is 10.6 Å². The molecule has 0 aliphatic carbocycles. The molecule has 0 saturated carbocycles. The first-order valence-corrected chi connectivity index (χ1v) is 10.4. The Morgan fingerprint density at radius 3 is 2.34 bits per heavy atom. The first kappa shape index (κ1) is 20.6. The van der Waals surface area contributed by atoms with Gasteiger partial charge in [0.25, 0.3) is 10.0 Å². The van der Waals surface area contributed by atoms with Crippen LogP contribution in [0.2, 0.25) is 5.02 Å². The molecule has 0 amide bonds. The Bertz CT molecular complexity index is 1140. The molecule has 0 heterocycles. The number of sulfonamides is 1. The van der Waals surface area contributed by atoms with Crippen molar-refractivity contribution in [3.8, 4) is 5.75 Å². The number of benzene rings is 3. The fraction of sp³-hybridized carbons (Fsp3) is 0.0476. The van der Waals surface area contributed by atoms with Crippen LogP contribution in [0.4, 0.5) is 0 Å². The smallest absolute Gasteiger partial charge is 0.343 e. The molecule has 0 aliphatic rings. The molecule has 8 heteroatoms. The third kappa shape index (κ3) is 5.43. The summed E-state index contributed by atoms with van der Waals surface area (Å²) in [6, 6.07) is 19.3. The number of para-hydroxylation sites is 1. The van der Waals surface area contributed by atoms with Crippen molar-refractivity contribution >= 4 is 33.8 Å². The van der Waals surface area contributed by atoms with Crippen LogP contribution in [0.15, 0.2) is 82.8 Å². The molecule has 29 heavy (non-hydrogen) atoms. The van der Waals surface area contributed by atoms with Gasteiger partial charge in [-0.2, -0.15) is 13.5 Å². The summed E-state index contributed by atoms with van der Waals surface area (Å²) in [5, 5.41) is 4.30. The second-order valence-corrected chi connectivity index (χ2v) is 8.20. The van der Waals surface area contributed by atoms with Crippen molar-refractivity contribution in [3.05, 3.63) is 94.5 Å². The molecule has 3 aromatic rings. The van der Waals surface area contributed by atoms with Gasteiger partial charge in [-0.05, 0) is 55.5 Å². The summed E-state index contributed by atoms with van der Waals surface area (Å²) in [5.74, 6) is -0.325. The molecule has 0 atom stereocenters. The fourth-order valence-electron chi connectivity index (χ4n) is 2.36. The van der Waals surface area contributed by atoms with Gasteiger partial charge in [0.2, 0.25) is 0 Å². The van der Waals surface area contributed by atoms with Crippen molar-refractivity contribution in [1.29, 1.82) is 0 Å². The van der Waals surface area contributed by atoms with Gasteiger partial charge in [-0.3, -0.25) is 0 Å². The van der Waals surface area contributed by atoms with Crippen LogP contribution < -0.4 is 9.57 Å². The molecule has 3 aromatic carbocycles. The van der Waals surface area contributed by atoms with Crippen LogP contribution in [0.5, 0.6) is 5.75 Å². The van der Waals surface area contributed by atoms with Crippen molar-refractivity contribution in [2.24, 2.45) is 5.10 Å². The predicted octanol–water partition coefficient (Wildman–Crippen LogP) is 4.18. The number of rotatable bonds is 6. The molecule has 0 spiro atoms. The second kappa shape index (κ2) is 8.89. The Labute approximate surface area is 173 Å². The van der Waals surface area contributed by atoms with E-state index in [1.807, 2.05) is 6.92 Å². The van der Waals surface area contributed by atoms with Crippen molar-refractivity contribution < 1.29 is 17.9 Å². The number of ether oxygens (including phenoxy) is 1. The fourth-order valence-corrected chi connectivity index (χ4v) is 3.28. The summed E-state index contributed by atoms with van der Waals surface area (Å²) < 4.78 is 30.0. The highest BCUT2D eigenvalue weighted by molar-refractivity contribution is 7.89. The maximum absolute atomic E-state index is 12.3. The quantitative estimate of drug-likeness (QED) is 0.276.